The topological polar surface area (TPSA) is 29.9 Å². The van der Waals surface area contributed by atoms with E-state index in [-0.39, 0.29) is 0 Å². The highest BCUT2D eigenvalue weighted by molar-refractivity contribution is 7.98. The van der Waals surface area contributed by atoms with Crippen molar-refractivity contribution >= 4 is 17.7 Å². The molecule has 0 aromatic carbocycles. The standard InChI is InChI=1S/C12H23N3S/c1-10(2)15-9-11(3)14-12(15)13-7-5-6-8-16-4/h9-10H,5-8H2,1-4H3,(H,13,14). The normalized spacial score (nSPS) is 11.1. The highest BCUT2D eigenvalue weighted by Crippen LogP contribution is 2.15. The monoisotopic (exact) mass is 241 g/mol. The number of anilines is 1. The van der Waals surface area contributed by atoms with Crippen LogP contribution in [0.1, 0.15) is 38.4 Å². The summed E-state index contributed by atoms with van der Waals surface area (Å²) >= 11 is 1.91. The molecule has 4 heteroatoms. The number of nitrogens with one attached hydrogen (secondary N) is 1. The molecule has 1 N–H and O–H groups in total. The molecule has 1 aromatic heterocycles. The Kier molecular flexibility index (Phi) is 5.74. The maximum absolute atomic E-state index is 4.50. The Morgan fingerprint density at radius 2 is 2.19 bits per heavy atom. The molecule has 0 amide bonds. The molecule has 1 rings (SSSR count). The van der Waals surface area contributed by atoms with Gasteiger partial charge in [-0.05, 0) is 45.6 Å². The van der Waals surface area contributed by atoms with Crippen LogP contribution in [-0.4, -0.2) is 28.1 Å². The van der Waals surface area contributed by atoms with Gasteiger partial charge in [0.1, 0.15) is 0 Å². The Balaban J connectivity index is 2.40. The van der Waals surface area contributed by atoms with Gasteiger partial charge in [0, 0.05) is 18.8 Å². The van der Waals surface area contributed by atoms with Crippen LogP contribution in [0.4, 0.5) is 5.95 Å². The van der Waals surface area contributed by atoms with Gasteiger partial charge in [0.15, 0.2) is 0 Å². The third-order valence-corrected chi connectivity index (χ3v) is 3.16. The van der Waals surface area contributed by atoms with Crippen LogP contribution in [0.25, 0.3) is 0 Å². The lowest BCUT2D eigenvalue weighted by atomic mass is 10.3. The van der Waals surface area contributed by atoms with Crippen LogP contribution in [0, 0.1) is 6.92 Å². The fraction of sp³-hybridized carbons (Fsp3) is 0.750. The maximum atomic E-state index is 4.50. The molecular weight excluding hydrogens is 218 g/mol. The number of rotatable bonds is 7. The zero-order valence-electron chi connectivity index (χ0n) is 10.8. The molecule has 92 valence electrons. The maximum Gasteiger partial charge on any atom is 0.203 e. The highest BCUT2D eigenvalue weighted by atomic mass is 32.2. The Bertz CT molecular complexity index is 307. The average molecular weight is 241 g/mol. The minimum Gasteiger partial charge on any atom is -0.356 e. The van der Waals surface area contributed by atoms with Crippen LogP contribution >= 0.6 is 11.8 Å². The lowest BCUT2D eigenvalue weighted by Crippen LogP contribution is -2.10. The van der Waals surface area contributed by atoms with Gasteiger partial charge in [-0.15, -0.1) is 0 Å². The van der Waals surface area contributed by atoms with Gasteiger partial charge in [0.2, 0.25) is 5.95 Å². The van der Waals surface area contributed by atoms with Crippen LogP contribution in [0.3, 0.4) is 0 Å². The van der Waals surface area contributed by atoms with Crippen molar-refractivity contribution in [2.24, 2.45) is 0 Å². The van der Waals surface area contributed by atoms with Gasteiger partial charge in [-0.3, -0.25) is 0 Å². The Morgan fingerprint density at radius 3 is 2.81 bits per heavy atom. The summed E-state index contributed by atoms with van der Waals surface area (Å²) in [5, 5.41) is 3.42. The summed E-state index contributed by atoms with van der Waals surface area (Å²) < 4.78 is 2.20. The lowest BCUT2D eigenvalue weighted by Gasteiger charge is -2.12. The zero-order chi connectivity index (χ0) is 12.0. The first-order valence-electron chi connectivity index (χ1n) is 5.93. The molecule has 0 fully saturated rings. The summed E-state index contributed by atoms with van der Waals surface area (Å²) in [4.78, 5) is 4.50. The number of hydrogen-bond donors (Lipinski definition) is 1. The average Bonchev–Trinajstić information content (AvgIpc) is 2.59. The summed E-state index contributed by atoms with van der Waals surface area (Å²) in [5.41, 5.74) is 1.08. The van der Waals surface area contributed by atoms with E-state index < -0.39 is 0 Å². The van der Waals surface area contributed by atoms with Crippen molar-refractivity contribution < 1.29 is 0 Å². The molecule has 0 aliphatic carbocycles. The fourth-order valence-electron chi connectivity index (χ4n) is 1.61. The fourth-order valence-corrected chi connectivity index (χ4v) is 2.10. The van der Waals surface area contributed by atoms with E-state index in [9.17, 15) is 0 Å². The smallest absolute Gasteiger partial charge is 0.203 e. The first-order chi connectivity index (χ1) is 7.65. The van der Waals surface area contributed by atoms with Crippen molar-refractivity contribution in [1.29, 1.82) is 0 Å². The first-order valence-corrected chi connectivity index (χ1v) is 7.32. The van der Waals surface area contributed by atoms with Gasteiger partial charge in [0.25, 0.3) is 0 Å². The minimum atomic E-state index is 0.467. The van der Waals surface area contributed by atoms with Crippen molar-refractivity contribution in [2.45, 2.75) is 39.7 Å². The molecule has 0 radical (unpaired) electrons. The van der Waals surface area contributed by atoms with Crippen LogP contribution in [0.15, 0.2) is 6.20 Å². The van der Waals surface area contributed by atoms with Gasteiger partial charge in [-0.1, -0.05) is 0 Å². The van der Waals surface area contributed by atoms with E-state index in [4.69, 9.17) is 0 Å². The van der Waals surface area contributed by atoms with Crippen molar-refractivity contribution in [3.05, 3.63) is 11.9 Å². The van der Waals surface area contributed by atoms with E-state index in [2.05, 4.69) is 41.2 Å². The van der Waals surface area contributed by atoms with Crippen molar-refractivity contribution in [3.8, 4) is 0 Å². The summed E-state index contributed by atoms with van der Waals surface area (Å²) in [5.74, 6) is 2.26. The van der Waals surface area contributed by atoms with Crippen LogP contribution in [0.2, 0.25) is 0 Å². The van der Waals surface area contributed by atoms with Gasteiger partial charge in [-0.2, -0.15) is 11.8 Å². The van der Waals surface area contributed by atoms with E-state index in [1.165, 1.54) is 18.6 Å². The zero-order valence-corrected chi connectivity index (χ0v) is 11.6. The molecule has 0 bridgehead atoms. The van der Waals surface area contributed by atoms with E-state index in [1.807, 2.05) is 18.7 Å². The summed E-state index contributed by atoms with van der Waals surface area (Å²) in [6.45, 7) is 7.42. The SMILES string of the molecule is CSCCCCNc1nc(C)cn1C(C)C. The van der Waals surface area contributed by atoms with Crippen LogP contribution in [-0.2, 0) is 0 Å². The Labute approximate surface area is 103 Å². The number of aromatic nitrogens is 2. The number of aryl methyl sites for hydroxylation is 1. The third kappa shape index (κ3) is 4.08. The first kappa shape index (κ1) is 13.4. The number of unbranched alkanes of at least 4 members (excludes halogenated alkanes) is 1. The Hall–Kier alpha value is -0.640. The van der Waals surface area contributed by atoms with E-state index >= 15 is 0 Å². The molecule has 16 heavy (non-hydrogen) atoms. The quantitative estimate of drug-likeness (QED) is 0.743. The molecule has 3 nitrogen and oxygen atoms in total. The third-order valence-electron chi connectivity index (χ3n) is 2.47. The number of hydrogen-bond acceptors (Lipinski definition) is 3. The highest BCUT2D eigenvalue weighted by Gasteiger charge is 2.07. The van der Waals surface area contributed by atoms with Gasteiger partial charge >= 0.3 is 0 Å². The summed E-state index contributed by atoms with van der Waals surface area (Å²) in [7, 11) is 0. The predicted molar refractivity (Wildman–Crippen MR) is 73.5 cm³/mol. The Morgan fingerprint density at radius 1 is 1.44 bits per heavy atom. The van der Waals surface area contributed by atoms with E-state index in [0.717, 1.165) is 18.2 Å². The van der Waals surface area contributed by atoms with E-state index in [0.29, 0.717) is 6.04 Å². The van der Waals surface area contributed by atoms with Crippen molar-refractivity contribution in [2.75, 3.05) is 23.9 Å². The second kappa shape index (κ2) is 6.84. The molecule has 0 saturated carbocycles. The molecular formula is C12H23N3S. The molecule has 0 unspecified atom stereocenters. The number of imidazole rings is 1. The number of thioether (sulfide) groups is 1. The molecule has 0 aliphatic rings. The van der Waals surface area contributed by atoms with Crippen molar-refractivity contribution in [1.82, 2.24) is 9.55 Å². The molecule has 0 saturated heterocycles. The van der Waals surface area contributed by atoms with Crippen LogP contribution < -0.4 is 5.32 Å². The van der Waals surface area contributed by atoms with E-state index in [1.54, 1.807) is 0 Å². The summed E-state index contributed by atoms with van der Waals surface area (Å²) in [6.07, 6.45) is 6.75. The summed E-state index contributed by atoms with van der Waals surface area (Å²) in [6, 6.07) is 0.467. The molecule has 0 atom stereocenters. The second-order valence-corrected chi connectivity index (χ2v) is 5.32. The van der Waals surface area contributed by atoms with Crippen LogP contribution in [0.5, 0.6) is 0 Å². The molecule has 1 aromatic rings. The number of nitrogens with zero attached hydrogens (tertiary/aromatic N) is 2. The van der Waals surface area contributed by atoms with Gasteiger partial charge in [0.05, 0.1) is 5.69 Å². The largest absolute Gasteiger partial charge is 0.356 e. The minimum absolute atomic E-state index is 0.467. The second-order valence-electron chi connectivity index (χ2n) is 4.33. The predicted octanol–water partition coefficient (Wildman–Crippen LogP) is 3.33. The van der Waals surface area contributed by atoms with Gasteiger partial charge in [-0.25, -0.2) is 4.98 Å². The molecule has 0 aliphatic heterocycles. The molecule has 0 spiro atoms. The van der Waals surface area contributed by atoms with Gasteiger partial charge < -0.3 is 9.88 Å². The van der Waals surface area contributed by atoms with Crippen molar-refractivity contribution in [3.63, 3.8) is 0 Å². The lowest BCUT2D eigenvalue weighted by molar-refractivity contribution is 0.603. The molecule has 1 heterocycles.